The highest BCUT2D eigenvalue weighted by Crippen LogP contribution is 2.17. The summed E-state index contributed by atoms with van der Waals surface area (Å²) in [5, 5.41) is 8.83. The third-order valence-corrected chi connectivity index (χ3v) is 2.99. The molecule has 1 fully saturated rings. The zero-order valence-electron chi connectivity index (χ0n) is 11.5. The quantitative estimate of drug-likeness (QED) is 0.815. The molecule has 1 aliphatic rings. The number of amides is 2. The molecule has 0 saturated carbocycles. The first-order chi connectivity index (χ1) is 8.23. The molecule has 2 amide bonds. The van der Waals surface area contributed by atoms with Gasteiger partial charge in [-0.1, -0.05) is 6.92 Å². The van der Waals surface area contributed by atoms with Gasteiger partial charge < -0.3 is 19.6 Å². The van der Waals surface area contributed by atoms with Crippen LogP contribution in [0.25, 0.3) is 0 Å². The lowest BCUT2D eigenvalue weighted by Gasteiger charge is -2.39. The Hall–Kier alpha value is -1.30. The Kier molecular flexibility index (Phi) is 4.56. The van der Waals surface area contributed by atoms with Crippen molar-refractivity contribution in [3.8, 4) is 0 Å². The van der Waals surface area contributed by atoms with E-state index < -0.39 is 11.9 Å². The van der Waals surface area contributed by atoms with Crippen LogP contribution in [0.3, 0.4) is 0 Å². The van der Waals surface area contributed by atoms with Crippen molar-refractivity contribution in [2.45, 2.75) is 26.4 Å². The van der Waals surface area contributed by atoms with E-state index in [1.54, 1.807) is 18.9 Å². The average Bonchev–Trinajstić information content (AvgIpc) is 2.26. The number of carbonyl (C=O) groups excluding carboxylic acids is 1. The van der Waals surface area contributed by atoms with Crippen LogP contribution in [-0.4, -0.2) is 65.8 Å². The van der Waals surface area contributed by atoms with Crippen LogP contribution in [0.4, 0.5) is 4.79 Å². The van der Waals surface area contributed by atoms with Gasteiger partial charge in [0.15, 0.2) is 0 Å². The van der Waals surface area contributed by atoms with E-state index in [1.165, 1.54) is 4.90 Å². The Morgan fingerprint density at radius 3 is 2.61 bits per heavy atom. The molecule has 1 N–H and O–H groups in total. The summed E-state index contributed by atoms with van der Waals surface area (Å²) in [6, 6.07) is -0.139. The fourth-order valence-electron chi connectivity index (χ4n) is 1.99. The first-order valence-electron chi connectivity index (χ1n) is 6.10. The first kappa shape index (κ1) is 14.8. The Morgan fingerprint density at radius 1 is 1.50 bits per heavy atom. The van der Waals surface area contributed by atoms with Crippen molar-refractivity contribution >= 4 is 12.0 Å². The molecule has 1 aliphatic heterocycles. The van der Waals surface area contributed by atoms with Gasteiger partial charge in [0, 0.05) is 20.1 Å². The molecule has 18 heavy (non-hydrogen) atoms. The van der Waals surface area contributed by atoms with Gasteiger partial charge in [-0.2, -0.15) is 0 Å². The molecule has 0 radical (unpaired) electrons. The average molecular weight is 258 g/mol. The van der Waals surface area contributed by atoms with Crippen molar-refractivity contribution in [1.82, 2.24) is 9.80 Å². The van der Waals surface area contributed by atoms with Crippen LogP contribution in [0, 0.1) is 5.92 Å². The monoisotopic (exact) mass is 258 g/mol. The van der Waals surface area contributed by atoms with E-state index in [0.717, 1.165) is 0 Å². The Labute approximate surface area is 107 Å². The van der Waals surface area contributed by atoms with E-state index >= 15 is 0 Å². The lowest BCUT2D eigenvalue weighted by Crippen LogP contribution is -2.54. The normalized spacial score (nSPS) is 20.3. The van der Waals surface area contributed by atoms with Crippen LogP contribution in [0.2, 0.25) is 0 Å². The highest BCUT2D eigenvalue weighted by atomic mass is 16.5. The Bertz CT molecular complexity index is 330. The minimum atomic E-state index is -0.892. The molecule has 1 heterocycles. The number of morpholine rings is 1. The number of hydrogen-bond acceptors (Lipinski definition) is 3. The van der Waals surface area contributed by atoms with Crippen LogP contribution in [0.15, 0.2) is 0 Å². The first-order valence-corrected chi connectivity index (χ1v) is 6.10. The molecule has 0 spiro atoms. The molecule has 6 nitrogen and oxygen atoms in total. The molecule has 0 aromatic rings. The second-order valence-corrected chi connectivity index (χ2v) is 5.43. The zero-order valence-corrected chi connectivity index (χ0v) is 11.5. The maximum absolute atomic E-state index is 12.1. The van der Waals surface area contributed by atoms with E-state index in [1.807, 2.05) is 13.8 Å². The molecule has 1 atom stereocenters. The minimum Gasteiger partial charge on any atom is -0.481 e. The fraction of sp³-hybridized carbons (Fsp3) is 0.833. The summed E-state index contributed by atoms with van der Waals surface area (Å²) < 4.78 is 5.54. The zero-order chi connectivity index (χ0) is 13.9. The third-order valence-electron chi connectivity index (χ3n) is 2.99. The van der Waals surface area contributed by atoms with Crippen LogP contribution in [-0.2, 0) is 9.53 Å². The number of urea groups is 1. The molecule has 1 unspecified atom stereocenters. The smallest absolute Gasteiger partial charge is 0.319 e. The molecule has 0 aliphatic carbocycles. The van der Waals surface area contributed by atoms with Crippen LogP contribution in [0.5, 0.6) is 0 Å². The van der Waals surface area contributed by atoms with E-state index in [4.69, 9.17) is 9.84 Å². The molecule has 1 rings (SSSR count). The van der Waals surface area contributed by atoms with Crippen LogP contribution in [0.1, 0.15) is 20.8 Å². The van der Waals surface area contributed by atoms with Gasteiger partial charge in [-0.25, -0.2) is 4.79 Å². The number of ether oxygens (including phenoxy) is 1. The lowest BCUT2D eigenvalue weighted by molar-refractivity contribution is -0.141. The van der Waals surface area contributed by atoms with Crippen molar-refractivity contribution in [3.05, 3.63) is 0 Å². The van der Waals surface area contributed by atoms with Gasteiger partial charge in [-0.15, -0.1) is 0 Å². The molecular weight excluding hydrogens is 236 g/mol. The Morgan fingerprint density at radius 2 is 2.11 bits per heavy atom. The van der Waals surface area contributed by atoms with Crippen molar-refractivity contribution in [2.24, 2.45) is 5.92 Å². The summed E-state index contributed by atoms with van der Waals surface area (Å²) >= 11 is 0. The van der Waals surface area contributed by atoms with Crippen molar-refractivity contribution in [3.63, 3.8) is 0 Å². The number of carboxylic acid groups (broad SMARTS) is 1. The van der Waals surface area contributed by atoms with E-state index in [9.17, 15) is 9.59 Å². The van der Waals surface area contributed by atoms with Gasteiger partial charge in [-0.05, 0) is 13.8 Å². The Balaban J connectivity index is 2.55. The number of carboxylic acids is 1. The fourth-order valence-corrected chi connectivity index (χ4v) is 1.99. The summed E-state index contributed by atoms with van der Waals surface area (Å²) in [7, 11) is 1.63. The van der Waals surface area contributed by atoms with Gasteiger partial charge >= 0.3 is 12.0 Å². The summed E-state index contributed by atoms with van der Waals surface area (Å²) in [5.41, 5.74) is -0.340. The number of hydrogen-bond donors (Lipinski definition) is 1. The van der Waals surface area contributed by atoms with Gasteiger partial charge in [0.1, 0.15) is 0 Å². The van der Waals surface area contributed by atoms with Crippen molar-refractivity contribution in [1.29, 1.82) is 0 Å². The second kappa shape index (κ2) is 5.56. The lowest BCUT2D eigenvalue weighted by atomic mass is 10.1. The molecular formula is C12H22N2O4. The molecule has 0 aromatic heterocycles. The molecule has 0 aromatic carbocycles. The third kappa shape index (κ3) is 3.87. The second-order valence-electron chi connectivity index (χ2n) is 5.43. The topological polar surface area (TPSA) is 70.1 Å². The van der Waals surface area contributed by atoms with Crippen LogP contribution >= 0.6 is 0 Å². The molecule has 6 heteroatoms. The number of nitrogens with zero attached hydrogens (tertiary/aromatic N) is 2. The van der Waals surface area contributed by atoms with Crippen molar-refractivity contribution < 1.29 is 19.4 Å². The predicted molar refractivity (Wildman–Crippen MR) is 66.4 cm³/mol. The van der Waals surface area contributed by atoms with Crippen molar-refractivity contribution in [2.75, 3.05) is 33.3 Å². The molecule has 104 valence electrons. The minimum absolute atomic E-state index is 0.139. The predicted octanol–water partition coefficient (Wildman–Crippen LogP) is 0.870. The maximum Gasteiger partial charge on any atom is 0.319 e. The highest BCUT2D eigenvalue weighted by Gasteiger charge is 2.31. The summed E-state index contributed by atoms with van der Waals surface area (Å²) in [5.74, 6) is -1.45. The van der Waals surface area contributed by atoms with Crippen LogP contribution < -0.4 is 0 Å². The van der Waals surface area contributed by atoms with E-state index in [2.05, 4.69) is 0 Å². The highest BCUT2D eigenvalue weighted by molar-refractivity contribution is 5.76. The van der Waals surface area contributed by atoms with E-state index in [-0.39, 0.29) is 18.2 Å². The summed E-state index contributed by atoms with van der Waals surface area (Å²) in [4.78, 5) is 26.1. The van der Waals surface area contributed by atoms with Gasteiger partial charge in [0.05, 0.1) is 24.7 Å². The summed E-state index contributed by atoms with van der Waals surface area (Å²) in [6.07, 6.45) is 0. The van der Waals surface area contributed by atoms with Gasteiger partial charge in [0.2, 0.25) is 0 Å². The largest absolute Gasteiger partial charge is 0.481 e. The number of aliphatic carboxylic acids is 1. The summed E-state index contributed by atoms with van der Waals surface area (Å²) in [6.45, 7) is 7.27. The maximum atomic E-state index is 12.1. The standard InChI is InChI=1S/C12H22N2O4/c1-9(10(15)16)7-13(4)11(17)14-5-6-18-12(2,3)8-14/h9H,5-8H2,1-4H3,(H,15,16). The van der Waals surface area contributed by atoms with Gasteiger partial charge in [-0.3, -0.25) is 4.79 Å². The molecule has 0 bridgehead atoms. The number of rotatable bonds is 3. The molecule has 1 saturated heterocycles. The van der Waals surface area contributed by atoms with E-state index in [0.29, 0.717) is 19.7 Å². The van der Waals surface area contributed by atoms with Gasteiger partial charge in [0.25, 0.3) is 0 Å². The SMILES string of the molecule is CC(CN(C)C(=O)N1CCOC(C)(C)C1)C(=O)O. The number of carbonyl (C=O) groups is 2.